The van der Waals surface area contributed by atoms with Gasteiger partial charge < -0.3 is 4.98 Å². The van der Waals surface area contributed by atoms with E-state index in [1.807, 2.05) is 20.8 Å². The summed E-state index contributed by atoms with van der Waals surface area (Å²) in [7, 11) is -3.15. The Morgan fingerprint density at radius 1 is 1.41 bits per heavy atom. The molecule has 5 nitrogen and oxygen atoms in total. The Morgan fingerprint density at radius 3 is 2.65 bits per heavy atom. The summed E-state index contributed by atoms with van der Waals surface area (Å²) in [4.78, 5) is 6.81. The molecule has 0 bridgehead atoms. The molecule has 0 unspecified atom stereocenters. The van der Waals surface area contributed by atoms with Gasteiger partial charge in [-0.05, 0) is 11.8 Å². The van der Waals surface area contributed by atoms with Crippen LogP contribution in [0.1, 0.15) is 32.9 Å². The molecule has 98 valence electrons. The van der Waals surface area contributed by atoms with E-state index in [0.29, 0.717) is 19.4 Å². The Bertz CT molecular complexity index is 418. The van der Waals surface area contributed by atoms with Crippen LogP contribution < -0.4 is 4.72 Å². The lowest BCUT2D eigenvalue weighted by Gasteiger charge is -2.17. The maximum Gasteiger partial charge on any atom is 0.211 e. The highest BCUT2D eigenvalue weighted by molar-refractivity contribution is 7.89. The molecule has 6 heteroatoms. The number of nitrogens with one attached hydrogen (secondary N) is 2. The van der Waals surface area contributed by atoms with E-state index < -0.39 is 10.0 Å². The zero-order chi connectivity index (χ0) is 12.9. The van der Waals surface area contributed by atoms with E-state index in [2.05, 4.69) is 14.7 Å². The van der Waals surface area contributed by atoms with Crippen molar-refractivity contribution >= 4 is 10.0 Å². The average molecular weight is 259 g/mol. The smallest absolute Gasteiger partial charge is 0.211 e. The number of hydrogen-bond acceptors (Lipinski definition) is 3. The Morgan fingerprint density at radius 2 is 2.12 bits per heavy atom. The number of H-pyrrole nitrogens is 1. The molecule has 0 saturated carbocycles. The van der Waals surface area contributed by atoms with Crippen LogP contribution >= 0.6 is 0 Å². The first-order chi connectivity index (χ1) is 7.79. The van der Waals surface area contributed by atoms with Crippen molar-refractivity contribution in [2.24, 2.45) is 5.41 Å². The minimum Gasteiger partial charge on any atom is -0.348 e. The zero-order valence-corrected chi connectivity index (χ0v) is 11.5. The topological polar surface area (TPSA) is 74.8 Å². The molecule has 0 amide bonds. The number of sulfonamides is 1. The highest BCUT2D eigenvalue weighted by Gasteiger charge is 2.16. The number of rotatable bonds is 6. The van der Waals surface area contributed by atoms with E-state index in [9.17, 15) is 8.42 Å². The summed E-state index contributed by atoms with van der Waals surface area (Å²) >= 11 is 0. The predicted octanol–water partition coefficient (Wildman–Crippen LogP) is 1.31. The lowest BCUT2D eigenvalue weighted by atomic mass is 9.94. The van der Waals surface area contributed by atoms with E-state index in [4.69, 9.17) is 0 Å². The van der Waals surface area contributed by atoms with Crippen molar-refractivity contribution in [1.82, 2.24) is 14.7 Å². The molecule has 1 rings (SSSR count). The zero-order valence-electron chi connectivity index (χ0n) is 10.7. The van der Waals surface area contributed by atoms with Gasteiger partial charge >= 0.3 is 0 Å². The standard InChI is InChI=1S/C11H21N3O2S/c1-11(2,3)5-7-17(15,16)14-6-4-10-8-12-9-13-10/h8-9,14H,4-7H2,1-3H3,(H,12,13). The first-order valence-corrected chi connectivity index (χ1v) is 7.38. The second kappa shape index (κ2) is 5.64. The molecule has 0 aliphatic carbocycles. The summed E-state index contributed by atoms with van der Waals surface area (Å²) in [5, 5.41) is 0. The summed E-state index contributed by atoms with van der Waals surface area (Å²) in [5.74, 6) is 0.180. The number of hydrogen-bond donors (Lipinski definition) is 2. The van der Waals surface area contributed by atoms with Gasteiger partial charge in [-0.25, -0.2) is 18.1 Å². The lowest BCUT2D eigenvalue weighted by molar-refractivity contribution is 0.396. The van der Waals surface area contributed by atoms with Gasteiger partial charge in [0.15, 0.2) is 0 Å². The monoisotopic (exact) mass is 259 g/mol. The molecular weight excluding hydrogens is 238 g/mol. The molecule has 0 aromatic carbocycles. The summed E-state index contributed by atoms with van der Waals surface area (Å²) in [6, 6.07) is 0. The number of imidazole rings is 1. The molecule has 17 heavy (non-hydrogen) atoms. The van der Waals surface area contributed by atoms with Gasteiger partial charge in [0, 0.05) is 24.9 Å². The normalized spacial score (nSPS) is 12.9. The summed E-state index contributed by atoms with van der Waals surface area (Å²) < 4.78 is 25.9. The van der Waals surface area contributed by atoms with Gasteiger partial charge in [0.25, 0.3) is 0 Å². The number of aromatic amines is 1. The Hall–Kier alpha value is -0.880. The van der Waals surface area contributed by atoms with E-state index in [-0.39, 0.29) is 11.2 Å². The van der Waals surface area contributed by atoms with Crippen molar-refractivity contribution in [2.75, 3.05) is 12.3 Å². The van der Waals surface area contributed by atoms with Crippen LogP contribution in [-0.4, -0.2) is 30.7 Å². The maximum absolute atomic E-state index is 11.7. The largest absolute Gasteiger partial charge is 0.348 e. The van der Waals surface area contributed by atoms with Gasteiger partial charge in [-0.2, -0.15) is 0 Å². The second-order valence-electron chi connectivity index (χ2n) is 5.35. The minimum atomic E-state index is -3.15. The fourth-order valence-corrected chi connectivity index (χ4v) is 2.71. The average Bonchev–Trinajstić information content (AvgIpc) is 2.67. The third-order valence-electron chi connectivity index (χ3n) is 2.39. The Kier molecular flexibility index (Phi) is 4.70. The second-order valence-corrected chi connectivity index (χ2v) is 7.28. The minimum absolute atomic E-state index is 0.0398. The molecular formula is C11H21N3O2S. The fourth-order valence-electron chi connectivity index (χ4n) is 1.28. The van der Waals surface area contributed by atoms with Crippen LogP contribution in [0.4, 0.5) is 0 Å². The van der Waals surface area contributed by atoms with Crippen LogP contribution in [-0.2, 0) is 16.4 Å². The maximum atomic E-state index is 11.7. The van der Waals surface area contributed by atoms with Gasteiger partial charge in [-0.1, -0.05) is 20.8 Å². The van der Waals surface area contributed by atoms with E-state index >= 15 is 0 Å². The SMILES string of the molecule is CC(C)(C)CCS(=O)(=O)NCCc1cnc[nH]1. The van der Waals surface area contributed by atoms with Crippen LogP contribution in [0.25, 0.3) is 0 Å². The molecule has 0 aliphatic rings. The summed E-state index contributed by atoms with van der Waals surface area (Å²) in [6.07, 6.45) is 4.58. The lowest BCUT2D eigenvalue weighted by Crippen LogP contribution is -2.30. The van der Waals surface area contributed by atoms with Crippen molar-refractivity contribution in [1.29, 1.82) is 0 Å². The molecule has 2 N–H and O–H groups in total. The van der Waals surface area contributed by atoms with Crippen LogP contribution in [0.2, 0.25) is 0 Å². The van der Waals surface area contributed by atoms with Gasteiger partial charge in [-0.3, -0.25) is 0 Å². The van der Waals surface area contributed by atoms with Crippen molar-refractivity contribution in [3.63, 3.8) is 0 Å². The summed E-state index contributed by atoms with van der Waals surface area (Å²) in [5.41, 5.74) is 0.974. The first kappa shape index (κ1) is 14.2. The van der Waals surface area contributed by atoms with Crippen molar-refractivity contribution in [3.8, 4) is 0 Å². The molecule has 1 heterocycles. The Balaban J connectivity index is 2.30. The summed E-state index contributed by atoms with van der Waals surface area (Å²) in [6.45, 7) is 6.52. The molecule has 0 aliphatic heterocycles. The third-order valence-corrected chi connectivity index (χ3v) is 3.78. The third kappa shape index (κ3) is 6.43. The van der Waals surface area contributed by atoms with Crippen molar-refractivity contribution < 1.29 is 8.42 Å². The number of aromatic nitrogens is 2. The number of nitrogens with zero attached hydrogens (tertiary/aromatic N) is 1. The van der Waals surface area contributed by atoms with Gasteiger partial charge in [0.1, 0.15) is 0 Å². The molecule has 1 aromatic rings. The Labute approximate surface area is 103 Å². The van der Waals surface area contributed by atoms with Crippen LogP contribution in [0.5, 0.6) is 0 Å². The van der Waals surface area contributed by atoms with E-state index in [1.165, 1.54) is 0 Å². The molecule has 0 atom stereocenters. The fraction of sp³-hybridized carbons (Fsp3) is 0.727. The quantitative estimate of drug-likeness (QED) is 0.808. The molecule has 0 saturated heterocycles. The first-order valence-electron chi connectivity index (χ1n) is 5.73. The van der Waals surface area contributed by atoms with Crippen LogP contribution in [0.3, 0.4) is 0 Å². The molecule has 0 radical (unpaired) electrons. The van der Waals surface area contributed by atoms with Gasteiger partial charge in [-0.15, -0.1) is 0 Å². The van der Waals surface area contributed by atoms with E-state index in [1.54, 1.807) is 12.5 Å². The van der Waals surface area contributed by atoms with Crippen molar-refractivity contribution in [3.05, 3.63) is 18.2 Å². The molecule has 0 spiro atoms. The highest BCUT2D eigenvalue weighted by atomic mass is 32.2. The van der Waals surface area contributed by atoms with E-state index in [0.717, 1.165) is 5.69 Å². The predicted molar refractivity (Wildman–Crippen MR) is 68.2 cm³/mol. The molecule has 0 fully saturated rings. The van der Waals surface area contributed by atoms with Gasteiger partial charge in [0.2, 0.25) is 10.0 Å². The van der Waals surface area contributed by atoms with Crippen molar-refractivity contribution in [2.45, 2.75) is 33.6 Å². The highest BCUT2D eigenvalue weighted by Crippen LogP contribution is 2.18. The van der Waals surface area contributed by atoms with Crippen LogP contribution in [0, 0.1) is 5.41 Å². The van der Waals surface area contributed by atoms with Gasteiger partial charge in [0.05, 0.1) is 12.1 Å². The molecule has 1 aromatic heterocycles. The van der Waals surface area contributed by atoms with Crippen LogP contribution in [0.15, 0.2) is 12.5 Å².